The van der Waals surface area contributed by atoms with E-state index in [0.29, 0.717) is 36.5 Å². The molecule has 4 fully saturated rings. The number of hydrogen-bond acceptors (Lipinski definition) is 2. The van der Waals surface area contributed by atoms with Crippen LogP contribution in [0, 0.1) is 52.3 Å². The van der Waals surface area contributed by atoms with Crippen molar-refractivity contribution in [2.75, 3.05) is 13.7 Å². The number of alkyl halides is 3. The quantitative estimate of drug-likeness (QED) is 0.499. The Balaban J connectivity index is 1.52. The van der Waals surface area contributed by atoms with Crippen LogP contribution in [-0.2, 0) is 9.53 Å². The third-order valence-electron chi connectivity index (χ3n) is 10.6. The Morgan fingerprint density at radius 1 is 1.00 bits per heavy atom. The number of methoxy groups -OCH3 is 1. The van der Waals surface area contributed by atoms with Gasteiger partial charge in [0.25, 0.3) is 0 Å². The fraction of sp³-hybridized carbons (Fsp3) is 0.960. The summed E-state index contributed by atoms with van der Waals surface area (Å²) in [5.74, 6) is 1.61. The SMILES string of the molecule is COCC(=O)[C@H](C)C1CCC2[C@@H]3CC[C@@H]4C[C@@H](C(F)(F)F)CC[C@]4(C)C3CC[C@@]21C. The van der Waals surface area contributed by atoms with Gasteiger partial charge < -0.3 is 4.74 Å². The van der Waals surface area contributed by atoms with Crippen LogP contribution in [0.1, 0.15) is 78.6 Å². The van der Waals surface area contributed by atoms with Gasteiger partial charge in [0.2, 0.25) is 0 Å². The van der Waals surface area contributed by atoms with Gasteiger partial charge in [-0.1, -0.05) is 20.8 Å². The molecule has 0 aliphatic heterocycles. The normalized spacial score (nSPS) is 47.2. The van der Waals surface area contributed by atoms with Crippen molar-refractivity contribution < 1.29 is 22.7 Å². The lowest BCUT2D eigenvalue weighted by atomic mass is 9.44. The number of halogens is 3. The molecule has 4 aliphatic carbocycles. The molecule has 0 heterocycles. The average Bonchev–Trinajstić information content (AvgIpc) is 3.03. The van der Waals surface area contributed by atoms with Crippen LogP contribution >= 0.6 is 0 Å². The number of ketones is 1. The maximum absolute atomic E-state index is 13.4. The number of carbonyl (C=O) groups excluding carboxylic acids is 1. The van der Waals surface area contributed by atoms with Gasteiger partial charge in [0, 0.05) is 13.0 Å². The van der Waals surface area contributed by atoms with Gasteiger partial charge in [-0.15, -0.1) is 0 Å². The third-order valence-corrected chi connectivity index (χ3v) is 10.6. The molecule has 4 saturated carbocycles. The molecule has 0 saturated heterocycles. The number of Topliss-reactive ketones (excluding diaryl/α,β-unsaturated/α-hetero) is 1. The van der Waals surface area contributed by atoms with Crippen LogP contribution in [0.4, 0.5) is 13.2 Å². The topological polar surface area (TPSA) is 26.3 Å². The molecule has 5 heteroatoms. The Hall–Kier alpha value is -0.580. The molecule has 4 aliphatic rings. The number of ether oxygens (including phenoxy) is 1. The highest BCUT2D eigenvalue weighted by Crippen LogP contribution is 2.69. The van der Waals surface area contributed by atoms with E-state index < -0.39 is 12.1 Å². The molecule has 0 bridgehead atoms. The highest BCUT2D eigenvalue weighted by Gasteiger charge is 2.62. The lowest BCUT2D eigenvalue weighted by Gasteiger charge is -2.61. The van der Waals surface area contributed by atoms with E-state index in [-0.39, 0.29) is 35.1 Å². The minimum atomic E-state index is -4.03. The standard InChI is InChI=1S/C25H39F3O2/c1-15(22(29)14-30-4)19-7-8-20-18-6-5-16-13-17(25(26,27)28)9-11-23(16,2)21(18)10-12-24(19,20)3/h15-21H,5-14H2,1-4H3/t15-,16-,17+,18+,19?,20?,21?,23+,24-/m1/s1. The van der Waals surface area contributed by atoms with E-state index in [1.54, 1.807) is 7.11 Å². The first kappa shape index (κ1) is 22.6. The molecule has 2 nitrogen and oxygen atoms in total. The summed E-state index contributed by atoms with van der Waals surface area (Å²) >= 11 is 0. The largest absolute Gasteiger partial charge is 0.391 e. The summed E-state index contributed by atoms with van der Waals surface area (Å²) in [6.45, 7) is 7.02. The van der Waals surface area contributed by atoms with Crippen molar-refractivity contribution in [2.45, 2.75) is 84.7 Å². The predicted molar refractivity (Wildman–Crippen MR) is 111 cm³/mol. The van der Waals surface area contributed by atoms with Crippen molar-refractivity contribution in [2.24, 2.45) is 52.3 Å². The fourth-order valence-electron chi connectivity index (χ4n) is 8.92. The number of carbonyl (C=O) groups is 1. The van der Waals surface area contributed by atoms with Gasteiger partial charge in [-0.25, -0.2) is 0 Å². The summed E-state index contributed by atoms with van der Waals surface area (Å²) < 4.78 is 45.3. The minimum Gasteiger partial charge on any atom is -0.377 e. The summed E-state index contributed by atoms with van der Waals surface area (Å²) in [6.07, 6.45) is 3.94. The lowest BCUT2D eigenvalue weighted by molar-refractivity contribution is -0.208. The molecule has 3 unspecified atom stereocenters. The van der Waals surface area contributed by atoms with E-state index in [0.717, 1.165) is 38.5 Å². The van der Waals surface area contributed by atoms with Crippen LogP contribution in [0.15, 0.2) is 0 Å². The number of hydrogen-bond donors (Lipinski definition) is 0. The Morgan fingerprint density at radius 3 is 2.33 bits per heavy atom. The first-order chi connectivity index (χ1) is 14.0. The molecule has 0 amide bonds. The van der Waals surface area contributed by atoms with Gasteiger partial charge in [0.1, 0.15) is 6.61 Å². The maximum Gasteiger partial charge on any atom is 0.391 e. The second-order valence-electron chi connectivity index (χ2n) is 11.6. The van der Waals surface area contributed by atoms with Crippen LogP contribution in [0.5, 0.6) is 0 Å². The second kappa shape index (κ2) is 7.78. The monoisotopic (exact) mass is 428 g/mol. The van der Waals surface area contributed by atoms with Crippen LogP contribution in [0.25, 0.3) is 0 Å². The lowest BCUT2D eigenvalue weighted by Crippen LogP contribution is -2.54. The Labute approximate surface area is 179 Å². The van der Waals surface area contributed by atoms with E-state index in [2.05, 4.69) is 20.8 Å². The molecule has 0 aromatic rings. The van der Waals surface area contributed by atoms with Crippen molar-refractivity contribution in [1.82, 2.24) is 0 Å². The van der Waals surface area contributed by atoms with E-state index in [9.17, 15) is 18.0 Å². The zero-order valence-electron chi connectivity index (χ0n) is 19.1. The van der Waals surface area contributed by atoms with Crippen molar-refractivity contribution >= 4 is 5.78 Å². The third kappa shape index (κ3) is 3.46. The van der Waals surface area contributed by atoms with Crippen LogP contribution < -0.4 is 0 Å². The smallest absolute Gasteiger partial charge is 0.377 e. The molecule has 172 valence electrons. The van der Waals surface area contributed by atoms with E-state index in [4.69, 9.17) is 4.74 Å². The summed E-state index contributed by atoms with van der Waals surface area (Å²) in [5.41, 5.74) is 0.262. The Morgan fingerprint density at radius 2 is 1.67 bits per heavy atom. The zero-order chi connectivity index (χ0) is 21.9. The molecule has 30 heavy (non-hydrogen) atoms. The zero-order valence-corrected chi connectivity index (χ0v) is 19.1. The maximum atomic E-state index is 13.4. The van der Waals surface area contributed by atoms with Gasteiger partial charge in [-0.2, -0.15) is 13.2 Å². The summed E-state index contributed by atoms with van der Waals surface area (Å²) in [7, 11) is 1.58. The molecule has 0 aromatic carbocycles. The second-order valence-corrected chi connectivity index (χ2v) is 11.6. The van der Waals surface area contributed by atoms with Gasteiger partial charge in [-0.3, -0.25) is 4.79 Å². The molecule has 0 radical (unpaired) electrons. The summed E-state index contributed by atoms with van der Waals surface area (Å²) in [4.78, 5) is 12.6. The molecule has 4 rings (SSSR count). The first-order valence-electron chi connectivity index (χ1n) is 12.1. The van der Waals surface area contributed by atoms with Crippen molar-refractivity contribution in [3.8, 4) is 0 Å². The molecular formula is C25H39F3O2. The number of fused-ring (bicyclic) bond motifs is 5. The van der Waals surface area contributed by atoms with Gasteiger partial charge in [0.05, 0.1) is 5.92 Å². The minimum absolute atomic E-state index is 0.0330. The predicted octanol–water partition coefficient (Wildman–Crippen LogP) is 6.68. The van der Waals surface area contributed by atoms with Crippen LogP contribution in [-0.4, -0.2) is 25.7 Å². The van der Waals surface area contributed by atoms with E-state index >= 15 is 0 Å². The molecule has 9 atom stereocenters. The molecule has 0 spiro atoms. The van der Waals surface area contributed by atoms with Gasteiger partial charge >= 0.3 is 6.18 Å². The summed E-state index contributed by atoms with van der Waals surface area (Å²) in [6, 6.07) is 0. The summed E-state index contributed by atoms with van der Waals surface area (Å²) in [5, 5.41) is 0. The number of rotatable bonds is 4. The Bertz CT molecular complexity index is 661. The van der Waals surface area contributed by atoms with E-state index in [1.165, 1.54) is 6.42 Å². The van der Waals surface area contributed by atoms with Crippen LogP contribution in [0.3, 0.4) is 0 Å². The van der Waals surface area contributed by atoms with E-state index in [1.807, 2.05) is 0 Å². The van der Waals surface area contributed by atoms with Crippen molar-refractivity contribution in [3.05, 3.63) is 0 Å². The van der Waals surface area contributed by atoms with Gasteiger partial charge in [-0.05, 0) is 98.2 Å². The highest BCUT2D eigenvalue weighted by atomic mass is 19.4. The Kier molecular flexibility index (Phi) is 5.86. The highest BCUT2D eigenvalue weighted by molar-refractivity contribution is 5.82. The van der Waals surface area contributed by atoms with Gasteiger partial charge in [0.15, 0.2) is 5.78 Å². The fourth-order valence-corrected chi connectivity index (χ4v) is 8.92. The van der Waals surface area contributed by atoms with Crippen LogP contribution in [0.2, 0.25) is 0 Å². The average molecular weight is 429 g/mol. The van der Waals surface area contributed by atoms with Crippen molar-refractivity contribution in [3.63, 3.8) is 0 Å². The van der Waals surface area contributed by atoms with Crippen molar-refractivity contribution in [1.29, 1.82) is 0 Å². The molecule has 0 N–H and O–H groups in total. The molecular weight excluding hydrogens is 389 g/mol. The molecule has 0 aromatic heterocycles. The first-order valence-corrected chi connectivity index (χ1v) is 12.1.